The number of carbonyl (C=O) groups excluding carboxylic acids is 1. The summed E-state index contributed by atoms with van der Waals surface area (Å²) in [4.78, 5) is 14.6. The Morgan fingerprint density at radius 2 is 1.82 bits per heavy atom. The van der Waals surface area contributed by atoms with Crippen molar-refractivity contribution in [3.8, 4) is 5.75 Å². The van der Waals surface area contributed by atoms with Crippen molar-refractivity contribution >= 4 is 17.5 Å². The molecule has 150 valence electrons. The molecule has 3 rings (SSSR count). The summed E-state index contributed by atoms with van der Waals surface area (Å²) in [7, 11) is 0. The number of piperidine rings is 1. The number of hydrogen-bond donors (Lipinski definition) is 2. The Kier molecular flexibility index (Phi) is 7.71. The van der Waals surface area contributed by atoms with Crippen LogP contribution in [0.25, 0.3) is 0 Å². The van der Waals surface area contributed by atoms with Crippen LogP contribution < -0.4 is 10.1 Å². The van der Waals surface area contributed by atoms with Gasteiger partial charge in [-0.05, 0) is 55.8 Å². The van der Waals surface area contributed by atoms with Crippen LogP contribution in [0, 0.1) is 5.92 Å². The van der Waals surface area contributed by atoms with Crippen LogP contribution in [0.2, 0.25) is 5.02 Å². The third-order valence-electron chi connectivity index (χ3n) is 4.99. The van der Waals surface area contributed by atoms with E-state index in [0.29, 0.717) is 23.9 Å². The Morgan fingerprint density at radius 1 is 1.14 bits per heavy atom. The zero-order chi connectivity index (χ0) is 19.8. The number of nitrogens with one attached hydrogen (secondary N) is 1. The van der Waals surface area contributed by atoms with Gasteiger partial charge in [0.1, 0.15) is 18.5 Å². The van der Waals surface area contributed by atoms with Crippen molar-refractivity contribution in [2.45, 2.75) is 25.5 Å². The Bertz CT molecular complexity index is 731. The third-order valence-corrected chi connectivity index (χ3v) is 5.24. The van der Waals surface area contributed by atoms with Gasteiger partial charge in [0.15, 0.2) is 0 Å². The zero-order valence-electron chi connectivity index (χ0n) is 15.9. The lowest BCUT2D eigenvalue weighted by Crippen LogP contribution is -2.44. The fraction of sp³-hybridized carbons (Fsp3) is 0.409. The first-order valence-corrected chi connectivity index (χ1v) is 10.1. The Balaban J connectivity index is 1.34. The second-order valence-corrected chi connectivity index (χ2v) is 7.63. The molecule has 1 heterocycles. The molecule has 0 spiro atoms. The van der Waals surface area contributed by atoms with E-state index in [9.17, 15) is 9.90 Å². The summed E-state index contributed by atoms with van der Waals surface area (Å²) in [6.45, 7) is 2.97. The van der Waals surface area contributed by atoms with Gasteiger partial charge >= 0.3 is 0 Å². The minimum atomic E-state index is -0.570. The average Bonchev–Trinajstić information content (AvgIpc) is 2.73. The molecule has 28 heavy (non-hydrogen) atoms. The molecule has 1 atom stereocenters. The molecule has 0 aromatic heterocycles. The highest BCUT2D eigenvalue weighted by Gasteiger charge is 2.25. The molecule has 2 N–H and O–H groups in total. The van der Waals surface area contributed by atoms with Crippen molar-refractivity contribution in [1.82, 2.24) is 10.2 Å². The van der Waals surface area contributed by atoms with E-state index >= 15 is 0 Å². The first-order chi connectivity index (χ1) is 13.6. The summed E-state index contributed by atoms with van der Waals surface area (Å²) >= 11 is 5.85. The molecule has 1 unspecified atom stereocenters. The molecule has 1 fully saturated rings. The molecular weight excluding hydrogens is 376 g/mol. The maximum absolute atomic E-state index is 12.4. The molecule has 0 saturated carbocycles. The summed E-state index contributed by atoms with van der Waals surface area (Å²) < 4.78 is 5.60. The van der Waals surface area contributed by atoms with Crippen molar-refractivity contribution in [2.24, 2.45) is 5.92 Å². The van der Waals surface area contributed by atoms with Gasteiger partial charge in [-0.15, -0.1) is 0 Å². The van der Waals surface area contributed by atoms with Gasteiger partial charge < -0.3 is 20.1 Å². The Morgan fingerprint density at radius 3 is 2.50 bits per heavy atom. The minimum absolute atomic E-state index is 0.0439. The Labute approximate surface area is 171 Å². The number of halogens is 1. The molecule has 0 aliphatic carbocycles. The standard InChI is InChI=1S/C22H27ClN2O3/c23-19-6-8-21(9-7-19)28-16-20(26)15-25-12-10-18(11-13-25)22(27)24-14-17-4-2-1-3-5-17/h1-9,18,20,26H,10-16H2,(H,24,27). The average molecular weight is 403 g/mol. The molecule has 2 aromatic carbocycles. The quantitative estimate of drug-likeness (QED) is 0.712. The number of nitrogens with zero attached hydrogens (tertiary/aromatic N) is 1. The summed E-state index contributed by atoms with van der Waals surface area (Å²) in [6.07, 6.45) is 1.05. The third kappa shape index (κ3) is 6.51. The van der Waals surface area contributed by atoms with E-state index in [1.165, 1.54) is 0 Å². The molecule has 2 aromatic rings. The first kappa shape index (κ1) is 20.6. The van der Waals surface area contributed by atoms with Gasteiger partial charge in [0.05, 0.1) is 0 Å². The van der Waals surface area contributed by atoms with E-state index in [1.54, 1.807) is 24.3 Å². The summed E-state index contributed by atoms with van der Waals surface area (Å²) in [5, 5.41) is 13.9. The fourth-order valence-corrected chi connectivity index (χ4v) is 3.51. The molecular formula is C22H27ClN2O3. The number of aliphatic hydroxyl groups excluding tert-OH is 1. The van der Waals surface area contributed by atoms with Crippen LogP contribution in [-0.2, 0) is 11.3 Å². The summed E-state index contributed by atoms with van der Waals surface area (Å²) in [5.41, 5.74) is 1.11. The van der Waals surface area contributed by atoms with Crippen molar-refractivity contribution in [1.29, 1.82) is 0 Å². The number of β-amino-alcohol motifs (C(OH)–C–C–N with tert-alkyl or cyclic N) is 1. The number of aliphatic hydroxyl groups is 1. The second kappa shape index (κ2) is 10.5. The van der Waals surface area contributed by atoms with Gasteiger partial charge in [0, 0.05) is 24.0 Å². The van der Waals surface area contributed by atoms with E-state index in [1.807, 2.05) is 30.3 Å². The van der Waals surface area contributed by atoms with Gasteiger partial charge in [0.25, 0.3) is 0 Å². The SMILES string of the molecule is O=C(NCc1ccccc1)C1CCN(CC(O)COc2ccc(Cl)cc2)CC1. The number of rotatable bonds is 8. The molecule has 6 heteroatoms. The summed E-state index contributed by atoms with van der Waals surface area (Å²) in [5.74, 6) is 0.856. The van der Waals surface area contributed by atoms with Crippen LogP contribution in [0.15, 0.2) is 54.6 Å². The first-order valence-electron chi connectivity index (χ1n) is 9.70. The van der Waals surface area contributed by atoms with E-state index in [2.05, 4.69) is 10.2 Å². The van der Waals surface area contributed by atoms with E-state index < -0.39 is 6.10 Å². The highest BCUT2D eigenvalue weighted by atomic mass is 35.5. The van der Waals surface area contributed by atoms with Gasteiger partial charge in [-0.2, -0.15) is 0 Å². The molecule has 1 amide bonds. The number of benzene rings is 2. The van der Waals surface area contributed by atoms with E-state index in [-0.39, 0.29) is 18.4 Å². The number of hydrogen-bond acceptors (Lipinski definition) is 4. The lowest BCUT2D eigenvalue weighted by atomic mass is 9.95. The minimum Gasteiger partial charge on any atom is -0.491 e. The van der Waals surface area contributed by atoms with Gasteiger partial charge in [-0.25, -0.2) is 0 Å². The van der Waals surface area contributed by atoms with Crippen LogP contribution >= 0.6 is 11.6 Å². The largest absolute Gasteiger partial charge is 0.491 e. The molecule has 0 bridgehead atoms. The van der Waals surface area contributed by atoms with Crippen molar-refractivity contribution in [3.63, 3.8) is 0 Å². The lowest BCUT2D eigenvalue weighted by Gasteiger charge is -2.32. The topological polar surface area (TPSA) is 61.8 Å². The maximum Gasteiger partial charge on any atom is 0.223 e. The monoisotopic (exact) mass is 402 g/mol. The predicted molar refractivity (Wildman–Crippen MR) is 110 cm³/mol. The highest BCUT2D eigenvalue weighted by molar-refractivity contribution is 6.30. The predicted octanol–water partition coefficient (Wildman–Crippen LogP) is 3.11. The zero-order valence-corrected chi connectivity index (χ0v) is 16.6. The van der Waals surface area contributed by atoms with Crippen LogP contribution in [0.4, 0.5) is 0 Å². The van der Waals surface area contributed by atoms with Gasteiger partial charge in [0.2, 0.25) is 5.91 Å². The molecule has 5 nitrogen and oxygen atoms in total. The highest BCUT2D eigenvalue weighted by Crippen LogP contribution is 2.19. The van der Waals surface area contributed by atoms with Gasteiger partial charge in [-0.3, -0.25) is 4.79 Å². The van der Waals surface area contributed by atoms with Crippen LogP contribution in [0.3, 0.4) is 0 Å². The second-order valence-electron chi connectivity index (χ2n) is 7.20. The molecule has 0 radical (unpaired) electrons. The Hall–Kier alpha value is -2.08. The van der Waals surface area contributed by atoms with Crippen LogP contribution in [0.1, 0.15) is 18.4 Å². The number of carbonyl (C=O) groups is 1. The van der Waals surface area contributed by atoms with E-state index in [0.717, 1.165) is 31.5 Å². The van der Waals surface area contributed by atoms with Crippen LogP contribution in [0.5, 0.6) is 5.75 Å². The van der Waals surface area contributed by atoms with Crippen molar-refractivity contribution in [3.05, 3.63) is 65.2 Å². The molecule has 1 aliphatic rings. The van der Waals surface area contributed by atoms with Crippen molar-refractivity contribution < 1.29 is 14.6 Å². The lowest BCUT2D eigenvalue weighted by molar-refractivity contribution is -0.126. The van der Waals surface area contributed by atoms with Crippen LogP contribution in [-0.4, -0.2) is 48.3 Å². The number of likely N-dealkylation sites (tertiary alicyclic amines) is 1. The maximum atomic E-state index is 12.4. The van der Waals surface area contributed by atoms with Gasteiger partial charge in [-0.1, -0.05) is 41.9 Å². The fourth-order valence-electron chi connectivity index (χ4n) is 3.38. The van der Waals surface area contributed by atoms with Crippen molar-refractivity contribution in [2.75, 3.05) is 26.2 Å². The van der Waals surface area contributed by atoms with E-state index in [4.69, 9.17) is 16.3 Å². The smallest absolute Gasteiger partial charge is 0.223 e. The molecule has 1 aliphatic heterocycles. The summed E-state index contributed by atoms with van der Waals surface area (Å²) in [6, 6.07) is 17.0. The normalized spacial score (nSPS) is 16.5. The number of amides is 1. The number of ether oxygens (including phenoxy) is 1. The molecule has 1 saturated heterocycles.